The number of anilines is 1. The van der Waals surface area contributed by atoms with Crippen molar-refractivity contribution in [2.75, 3.05) is 5.32 Å². The number of aromatic nitrogens is 2. The van der Waals surface area contributed by atoms with Gasteiger partial charge in [-0.3, -0.25) is 14.2 Å². The molecule has 0 bridgehead atoms. The minimum Gasteiger partial charge on any atom is -0.326 e. The van der Waals surface area contributed by atoms with Gasteiger partial charge in [-0.1, -0.05) is 30.3 Å². The van der Waals surface area contributed by atoms with Gasteiger partial charge in [0.2, 0.25) is 5.91 Å². The summed E-state index contributed by atoms with van der Waals surface area (Å²) in [5.41, 5.74) is 2.51. The zero-order valence-electron chi connectivity index (χ0n) is 14.5. The Bertz CT molecular complexity index is 991. The smallest absolute Gasteiger partial charge is 0.261 e. The van der Waals surface area contributed by atoms with Crippen LogP contribution in [0.1, 0.15) is 37.3 Å². The second-order valence-electron chi connectivity index (χ2n) is 6.81. The molecule has 1 N–H and O–H groups in total. The van der Waals surface area contributed by atoms with Crippen molar-refractivity contribution >= 4 is 22.5 Å². The number of amides is 1. The highest BCUT2D eigenvalue weighted by atomic mass is 16.1. The summed E-state index contributed by atoms with van der Waals surface area (Å²) in [6.45, 7) is 0. The summed E-state index contributed by atoms with van der Waals surface area (Å²) < 4.78 is 1.70. The Balaban J connectivity index is 1.42. The first-order valence-corrected chi connectivity index (χ1v) is 9.05. The van der Waals surface area contributed by atoms with Gasteiger partial charge in [-0.05, 0) is 49.4 Å². The molecule has 5 nitrogen and oxygen atoms in total. The average molecular weight is 347 g/mol. The van der Waals surface area contributed by atoms with E-state index in [0.717, 1.165) is 25.7 Å². The molecule has 1 aromatic heterocycles. The zero-order valence-corrected chi connectivity index (χ0v) is 14.5. The Morgan fingerprint density at radius 2 is 1.96 bits per heavy atom. The fourth-order valence-corrected chi connectivity index (χ4v) is 3.15. The second-order valence-corrected chi connectivity index (χ2v) is 6.81. The third-order valence-electron chi connectivity index (χ3n) is 4.72. The van der Waals surface area contributed by atoms with Crippen molar-refractivity contribution in [3.63, 3.8) is 0 Å². The van der Waals surface area contributed by atoms with Gasteiger partial charge in [0, 0.05) is 18.2 Å². The number of hydrogen-bond donors (Lipinski definition) is 1. The molecule has 0 spiro atoms. The minimum atomic E-state index is -0.0355. The molecule has 0 unspecified atom stereocenters. The number of aryl methyl sites for hydroxylation is 1. The SMILES string of the molecule is O=C(CCCc1ccccc1)Nc1ccc2ncn(C3CC3)c(=O)c2c1. The lowest BCUT2D eigenvalue weighted by Crippen LogP contribution is -2.20. The van der Waals surface area contributed by atoms with E-state index in [2.05, 4.69) is 22.4 Å². The first kappa shape index (κ1) is 16.5. The van der Waals surface area contributed by atoms with Gasteiger partial charge in [0.25, 0.3) is 5.56 Å². The summed E-state index contributed by atoms with van der Waals surface area (Å²) in [4.78, 5) is 29.1. The molecule has 1 saturated carbocycles. The average Bonchev–Trinajstić information content (AvgIpc) is 3.48. The fraction of sp³-hybridized carbons (Fsp3) is 0.286. The first-order chi connectivity index (χ1) is 12.7. The van der Waals surface area contributed by atoms with Crippen LogP contribution in [0.3, 0.4) is 0 Å². The van der Waals surface area contributed by atoms with Crippen LogP contribution in [0.4, 0.5) is 5.69 Å². The van der Waals surface area contributed by atoms with Crippen LogP contribution in [0.15, 0.2) is 59.7 Å². The lowest BCUT2D eigenvalue weighted by molar-refractivity contribution is -0.116. The molecule has 1 heterocycles. The van der Waals surface area contributed by atoms with Crippen LogP contribution in [0, 0.1) is 0 Å². The summed E-state index contributed by atoms with van der Waals surface area (Å²) in [5.74, 6) is -0.0355. The van der Waals surface area contributed by atoms with Gasteiger partial charge < -0.3 is 5.32 Å². The van der Waals surface area contributed by atoms with E-state index in [4.69, 9.17) is 0 Å². The van der Waals surface area contributed by atoms with Crippen molar-refractivity contribution in [3.05, 3.63) is 70.8 Å². The van der Waals surface area contributed by atoms with E-state index in [-0.39, 0.29) is 17.5 Å². The molecular formula is C21H21N3O2. The van der Waals surface area contributed by atoms with Crippen LogP contribution in [0.25, 0.3) is 10.9 Å². The van der Waals surface area contributed by atoms with Crippen LogP contribution < -0.4 is 10.9 Å². The summed E-state index contributed by atoms with van der Waals surface area (Å²) in [7, 11) is 0. The predicted octanol–water partition coefficient (Wildman–Crippen LogP) is 3.69. The molecule has 1 aliphatic carbocycles. The van der Waals surface area contributed by atoms with Gasteiger partial charge in [0.05, 0.1) is 17.2 Å². The van der Waals surface area contributed by atoms with E-state index < -0.39 is 0 Å². The third kappa shape index (κ3) is 3.67. The number of rotatable bonds is 6. The Kier molecular flexibility index (Phi) is 4.52. The highest BCUT2D eigenvalue weighted by Crippen LogP contribution is 2.33. The van der Waals surface area contributed by atoms with Crippen molar-refractivity contribution in [1.29, 1.82) is 0 Å². The monoisotopic (exact) mass is 347 g/mol. The maximum Gasteiger partial charge on any atom is 0.261 e. The second kappa shape index (κ2) is 7.12. The molecule has 0 saturated heterocycles. The van der Waals surface area contributed by atoms with E-state index in [1.54, 1.807) is 29.1 Å². The van der Waals surface area contributed by atoms with Crippen LogP contribution >= 0.6 is 0 Å². The Labute approximate surface area is 151 Å². The molecule has 1 fully saturated rings. The van der Waals surface area contributed by atoms with Crippen molar-refractivity contribution in [1.82, 2.24) is 9.55 Å². The number of nitrogens with one attached hydrogen (secondary N) is 1. The van der Waals surface area contributed by atoms with Gasteiger partial charge in [-0.2, -0.15) is 0 Å². The summed E-state index contributed by atoms with van der Waals surface area (Å²) in [6.07, 6.45) is 5.81. The van der Waals surface area contributed by atoms with Crippen molar-refractivity contribution in [2.24, 2.45) is 0 Å². The molecule has 4 rings (SSSR count). The number of fused-ring (bicyclic) bond motifs is 1. The number of benzene rings is 2. The van der Waals surface area contributed by atoms with E-state index in [0.29, 0.717) is 23.0 Å². The minimum absolute atomic E-state index is 0.0299. The maximum atomic E-state index is 12.6. The topological polar surface area (TPSA) is 64.0 Å². The fourth-order valence-electron chi connectivity index (χ4n) is 3.15. The molecule has 1 amide bonds. The largest absolute Gasteiger partial charge is 0.326 e. The lowest BCUT2D eigenvalue weighted by Gasteiger charge is -2.08. The molecule has 2 aromatic carbocycles. The number of carbonyl (C=O) groups is 1. The third-order valence-corrected chi connectivity index (χ3v) is 4.72. The normalized spacial score (nSPS) is 13.7. The van der Waals surface area contributed by atoms with Crippen LogP contribution in [0.5, 0.6) is 0 Å². The lowest BCUT2D eigenvalue weighted by atomic mass is 10.1. The van der Waals surface area contributed by atoms with Gasteiger partial charge in [-0.15, -0.1) is 0 Å². The molecule has 132 valence electrons. The van der Waals surface area contributed by atoms with Crippen LogP contribution in [-0.2, 0) is 11.2 Å². The maximum absolute atomic E-state index is 12.6. The van der Waals surface area contributed by atoms with E-state index in [1.807, 2.05) is 18.2 Å². The number of nitrogens with zero attached hydrogens (tertiary/aromatic N) is 2. The highest BCUT2D eigenvalue weighted by molar-refractivity contribution is 5.93. The Hall–Kier alpha value is -2.95. The van der Waals surface area contributed by atoms with Crippen LogP contribution in [0.2, 0.25) is 0 Å². The molecule has 26 heavy (non-hydrogen) atoms. The van der Waals surface area contributed by atoms with Crippen molar-refractivity contribution in [3.8, 4) is 0 Å². The quantitative estimate of drug-likeness (QED) is 0.739. The summed E-state index contributed by atoms with van der Waals surface area (Å²) in [6, 6.07) is 15.7. The van der Waals surface area contributed by atoms with Crippen LogP contribution in [-0.4, -0.2) is 15.5 Å². The van der Waals surface area contributed by atoms with Crippen molar-refractivity contribution < 1.29 is 4.79 Å². The van der Waals surface area contributed by atoms with Gasteiger partial charge in [-0.25, -0.2) is 4.98 Å². The number of carbonyl (C=O) groups excluding carboxylic acids is 1. The van der Waals surface area contributed by atoms with E-state index in [1.165, 1.54) is 5.56 Å². The molecule has 0 atom stereocenters. The summed E-state index contributed by atoms with van der Waals surface area (Å²) >= 11 is 0. The Morgan fingerprint density at radius 3 is 2.73 bits per heavy atom. The molecule has 0 aliphatic heterocycles. The molecule has 3 aromatic rings. The predicted molar refractivity (Wildman–Crippen MR) is 102 cm³/mol. The first-order valence-electron chi connectivity index (χ1n) is 9.05. The van der Waals surface area contributed by atoms with Gasteiger partial charge >= 0.3 is 0 Å². The Morgan fingerprint density at radius 1 is 1.15 bits per heavy atom. The standard InChI is InChI=1S/C21H21N3O2/c25-20(8-4-7-15-5-2-1-3-6-15)23-16-9-12-19-18(13-16)21(26)24(14-22-19)17-10-11-17/h1-3,5-6,9,12-14,17H,4,7-8,10-11H2,(H,23,25). The molecule has 1 aliphatic rings. The van der Waals surface area contributed by atoms with Gasteiger partial charge in [0.15, 0.2) is 0 Å². The zero-order chi connectivity index (χ0) is 17.9. The highest BCUT2D eigenvalue weighted by Gasteiger charge is 2.25. The molecule has 5 heteroatoms. The van der Waals surface area contributed by atoms with Gasteiger partial charge in [0.1, 0.15) is 0 Å². The van der Waals surface area contributed by atoms with E-state index in [9.17, 15) is 9.59 Å². The molecule has 0 radical (unpaired) electrons. The number of hydrogen-bond acceptors (Lipinski definition) is 3. The van der Waals surface area contributed by atoms with Crippen molar-refractivity contribution in [2.45, 2.75) is 38.1 Å². The molecular weight excluding hydrogens is 326 g/mol. The summed E-state index contributed by atoms with van der Waals surface area (Å²) in [5, 5.41) is 3.45. The van der Waals surface area contributed by atoms with E-state index >= 15 is 0 Å².